The van der Waals surface area contributed by atoms with E-state index >= 15 is 0 Å². The van der Waals surface area contributed by atoms with Gasteiger partial charge in [-0.1, -0.05) is 51.1 Å². The van der Waals surface area contributed by atoms with E-state index in [1.54, 1.807) is 18.3 Å². The van der Waals surface area contributed by atoms with Crippen molar-refractivity contribution < 1.29 is 8.42 Å². The van der Waals surface area contributed by atoms with Gasteiger partial charge >= 0.3 is 0 Å². The Labute approximate surface area is 131 Å². The van der Waals surface area contributed by atoms with Crippen LogP contribution in [0.4, 0.5) is 0 Å². The Balaban J connectivity index is 2.10. The van der Waals surface area contributed by atoms with Crippen LogP contribution < -0.4 is 0 Å². The van der Waals surface area contributed by atoms with Crippen molar-refractivity contribution in [2.24, 2.45) is 0 Å². The van der Waals surface area contributed by atoms with Gasteiger partial charge in [-0.3, -0.25) is 0 Å². The van der Waals surface area contributed by atoms with E-state index in [4.69, 9.17) is 0 Å². The van der Waals surface area contributed by atoms with Gasteiger partial charge in [0.05, 0.1) is 10.4 Å². The Morgan fingerprint density at radius 2 is 1.50 bits per heavy atom. The van der Waals surface area contributed by atoms with Crippen molar-refractivity contribution in [3.05, 3.63) is 66.4 Å². The van der Waals surface area contributed by atoms with Gasteiger partial charge < -0.3 is 0 Å². The van der Waals surface area contributed by atoms with Crippen LogP contribution in [0.3, 0.4) is 0 Å². The molecule has 0 N–H and O–H groups in total. The summed E-state index contributed by atoms with van der Waals surface area (Å²) in [5.74, 6) is 0. The summed E-state index contributed by atoms with van der Waals surface area (Å²) >= 11 is 0. The fourth-order valence-electron chi connectivity index (χ4n) is 2.51. The predicted molar refractivity (Wildman–Crippen MR) is 89.7 cm³/mol. The number of hydrogen-bond acceptors (Lipinski definition) is 2. The molecule has 0 spiro atoms. The first-order chi connectivity index (χ1) is 10.3. The van der Waals surface area contributed by atoms with E-state index in [0.29, 0.717) is 10.4 Å². The smallest absolute Gasteiger partial charge is 0.241 e. The molecule has 1 heterocycles. The van der Waals surface area contributed by atoms with Crippen LogP contribution in [-0.4, -0.2) is 12.4 Å². The molecule has 0 atom stereocenters. The van der Waals surface area contributed by atoms with Gasteiger partial charge in [0.2, 0.25) is 0 Å². The van der Waals surface area contributed by atoms with Crippen molar-refractivity contribution in [2.45, 2.75) is 31.1 Å². The maximum absolute atomic E-state index is 12.8. The quantitative estimate of drug-likeness (QED) is 0.712. The highest BCUT2D eigenvalue weighted by Gasteiger charge is 2.20. The lowest BCUT2D eigenvalue weighted by molar-refractivity contribution is 0.583. The number of benzene rings is 2. The lowest BCUT2D eigenvalue weighted by Crippen LogP contribution is -2.14. The SMILES string of the molecule is CC(C)(C)c1ccc(S(=O)(=O)n2ccc3ccccc32)cc1. The Hall–Kier alpha value is -2.07. The van der Waals surface area contributed by atoms with Crippen molar-refractivity contribution in [3.8, 4) is 0 Å². The van der Waals surface area contributed by atoms with Crippen molar-refractivity contribution in [1.82, 2.24) is 3.97 Å². The molecule has 3 rings (SSSR count). The third kappa shape index (κ3) is 2.44. The summed E-state index contributed by atoms with van der Waals surface area (Å²) in [5, 5.41) is 0.914. The van der Waals surface area contributed by atoms with Crippen LogP contribution in [0, 0.1) is 0 Å². The zero-order valence-electron chi connectivity index (χ0n) is 12.9. The van der Waals surface area contributed by atoms with Crippen LogP contribution in [0.5, 0.6) is 0 Å². The van der Waals surface area contributed by atoms with Crippen LogP contribution >= 0.6 is 0 Å². The Morgan fingerprint density at radius 1 is 0.864 bits per heavy atom. The van der Waals surface area contributed by atoms with Gasteiger partial charge in [-0.15, -0.1) is 0 Å². The van der Waals surface area contributed by atoms with Gasteiger partial charge in [0.25, 0.3) is 10.0 Å². The topological polar surface area (TPSA) is 39.1 Å². The third-order valence-electron chi connectivity index (χ3n) is 3.84. The highest BCUT2D eigenvalue weighted by molar-refractivity contribution is 7.90. The van der Waals surface area contributed by atoms with E-state index in [-0.39, 0.29) is 5.41 Å². The molecule has 0 aliphatic heterocycles. The molecule has 0 saturated carbocycles. The molecule has 0 aliphatic carbocycles. The van der Waals surface area contributed by atoms with E-state index in [1.165, 1.54) is 3.97 Å². The average Bonchev–Trinajstić information content (AvgIpc) is 2.91. The Bertz CT molecular complexity index is 914. The first-order valence-electron chi connectivity index (χ1n) is 7.22. The molecule has 0 amide bonds. The van der Waals surface area contributed by atoms with E-state index in [0.717, 1.165) is 10.9 Å². The minimum absolute atomic E-state index is 0.00242. The van der Waals surface area contributed by atoms with Crippen molar-refractivity contribution in [2.75, 3.05) is 0 Å². The highest BCUT2D eigenvalue weighted by Crippen LogP contribution is 2.26. The molecular weight excluding hydrogens is 294 g/mol. The molecule has 22 heavy (non-hydrogen) atoms. The first-order valence-corrected chi connectivity index (χ1v) is 8.66. The fraction of sp³-hybridized carbons (Fsp3) is 0.222. The largest absolute Gasteiger partial charge is 0.268 e. The van der Waals surface area contributed by atoms with Crippen LogP contribution in [0.25, 0.3) is 10.9 Å². The van der Waals surface area contributed by atoms with E-state index in [9.17, 15) is 8.42 Å². The summed E-state index contributed by atoms with van der Waals surface area (Å²) in [6, 6.07) is 16.4. The number of aromatic nitrogens is 1. The second kappa shape index (κ2) is 4.99. The Kier molecular flexibility index (Phi) is 3.37. The lowest BCUT2D eigenvalue weighted by Gasteiger charge is -2.19. The molecule has 114 valence electrons. The molecule has 0 unspecified atom stereocenters. The zero-order chi connectivity index (χ0) is 16.0. The summed E-state index contributed by atoms with van der Waals surface area (Å²) < 4.78 is 27.0. The molecule has 0 bridgehead atoms. The van der Waals surface area contributed by atoms with Crippen molar-refractivity contribution >= 4 is 20.9 Å². The number of para-hydroxylation sites is 1. The number of rotatable bonds is 2. The van der Waals surface area contributed by atoms with E-state index in [1.807, 2.05) is 42.5 Å². The zero-order valence-corrected chi connectivity index (χ0v) is 13.8. The van der Waals surface area contributed by atoms with Crippen molar-refractivity contribution in [3.63, 3.8) is 0 Å². The summed E-state index contributed by atoms with van der Waals surface area (Å²) in [4.78, 5) is 0.307. The summed E-state index contributed by atoms with van der Waals surface area (Å²) in [7, 11) is -3.57. The second-order valence-electron chi connectivity index (χ2n) is 6.45. The van der Waals surface area contributed by atoms with E-state index in [2.05, 4.69) is 20.8 Å². The average molecular weight is 313 g/mol. The van der Waals surface area contributed by atoms with Gasteiger partial charge in [-0.05, 0) is 35.2 Å². The molecule has 0 saturated heterocycles. The van der Waals surface area contributed by atoms with E-state index < -0.39 is 10.0 Å². The molecule has 0 fully saturated rings. The van der Waals surface area contributed by atoms with Crippen LogP contribution in [0.1, 0.15) is 26.3 Å². The first kappa shape index (κ1) is 14.9. The minimum atomic E-state index is -3.57. The van der Waals surface area contributed by atoms with Gasteiger partial charge in [0.1, 0.15) is 0 Å². The molecule has 0 radical (unpaired) electrons. The highest BCUT2D eigenvalue weighted by atomic mass is 32.2. The monoisotopic (exact) mass is 313 g/mol. The van der Waals surface area contributed by atoms with Crippen LogP contribution in [0.15, 0.2) is 65.7 Å². The molecule has 1 aromatic heterocycles. The molecular formula is C18H19NO2S. The van der Waals surface area contributed by atoms with Crippen molar-refractivity contribution in [1.29, 1.82) is 0 Å². The Morgan fingerprint density at radius 3 is 2.14 bits per heavy atom. The fourth-order valence-corrected chi connectivity index (χ4v) is 3.86. The maximum Gasteiger partial charge on any atom is 0.268 e. The van der Waals surface area contributed by atoms with Gasteiger partial charge in [-0.2, -0.15) is 0 Å². The normalized spacial score (nSPS) is 12.7. The summed E-state index contributed by atoms with van der Waals surface area (Å²) in [6.45, 7) is 6.32. The molecule has 2 aromatic carbocycles. The van der Waals surface area contributed by atoms with Gasteiger partial charge in [-0.25, -0.2) is 12.4 Å². The lowest BCUT2D eigenvalue weighted by atomic mass is 9.87. The molecule has 3 aromatic rings. The van der Waals surface area contributed by atoms with Crippen LogP contribution in [-0.2, 0) is 15.4 Å². The number of nitrogens with zero attached hydrogens (tertiary/aromatic N) is 1. The second-order valence-corrected chi connectivity index (χ2v) is 8.26. The van der Waals surface area contributed by atoms with Gasteiger partial charge in [0, 0.05) is 11.6 Å². The number of hydrogen-bond donors (Lipinski definition) is 0. The van der Waals surface area contributed by atoms with Gasteiger partial charge in [0.15, 0.2) is 0 Å². The number of fused-ring (bicyclic) bond motifs is 1. The predicted octanol–water partition coefficient (Wildman–Crippen LogP) is 4.18. The molecule has 4 heteroatoms. The summed E-state index contributed by atoms with van der Waals surface area (Å²) in [6.07, 6.45) is 1.61. The third-order valence-corrected chi connectivity index (χ3v) is 5.55. The standard InChI is InChI=1S/C18H19NO2S/c1-18(2,3)15-8-10-16(11-9-15)22(20,21)19-13-12-14-6-4-5-7-17(14)19/h4-13H,1-3H3. The van der Waals surface area contributed by atoms with Crippen LogP contribution in [0.2, 0.25) is 0 Å². The molecule has 0 aliphatic rings. The maximum atomic E-state index is 12.8. The minimum Gasteiger partial charge on any atom is -0.241 e. The summed E-state index contributed by atoms with van der Waals surface area (Å²) in [5.41, 5.74) is 1.81. The molecule has 3 nitrogen and oxygen atoms in total.